The first kappa shape index (κ1) is 9.30. The van der Waals surface area contributed by atoms with Gasteiger partial charge in [0.15, 0.2) is 5.69 Å². The molecule has 0 saturated heterocycles. The van der Waals surface area contributed by atoms with Crippen molar-refractivity contribution in [1.29, 1.82) is 0 Å². The first-order valence-electron chi connectivity index (χ1n) is 3.21. The van der Waals surface area contributed by atoms with E-state index in [4.69, 9.17) is 5.73 Å². The predicted molar refractivity (Wildman–Crippen MR) is 40.3 cm³/mol. The summed E-state index contributed by atoms with van der Waals surface area (Å²) in [6, 6.07) is 1.10. The Hall–Kier alpha value is -1.79. The number of aromatic nitrogens is 1. The molecule has 5 nitrogen and oxygen atoms in total. The third kappa shape index (κ3) is 1.68. The summed E-state index contributed by atoms with van der Waals surface area (Å²) in [7, 11) is 0. The molecule has 0 radical (unpaired) electrons. The van der Waals surface area contributed by atoms with Crippen LogP contribution in [-0.4, -0.2) is 9.91 Å². The summed E-state index contributed by atoms with van der Waals surface area (Å²) in [6.07, 6.45) is -1.99. The van der Waals surface area contributed by atoms with Crippen molar-refractivity contribution in [1.82, 2.24) is 4.98 Å². The molecule has 1 heterocycles. The Balaban J connectivity index is 3.34. The molecule has 1 aromatic rings. The van der Waals surface area contributed by atoms with Crippen LogP contribution in [0, 0.1) is 10.1 Å². The highest BCUT2D eigenvalue weighted by molar-refractivity contribution is 5.60. The maximum absolute atomic E-state index is 12.1. The van der Waals surface area contributed by atoms with Crippen LogP contribution in [0.15, 0.2) is 12.3 Å². The number of hydrogen-bond acceptors (Lipinski definition) is 4. The molecule has 13 heavy (non-hydrogen) atoms. The Kier molecular flexibility index (Phi) is 2.36. The molecular formula is C6H5F2N3O2. The lowest BCUT2D eigenvalue weighted by atomic mass is 10.2. The summed E-state index contributed by atoms with van der Waals surface area (Å²) in [4.78, 5) is 12.5. The van der Waals surface area contributed by atoms with Crippen molar-refractivity contribution in [2.75, 3.05) is 5.73 Å². The lowest BCUT2D eigenvalue weighted by Crippen LogP contribution is -2.02. The molecule has 0 spiro atoms. The van der Waals surface area contributed by atoms with E-state index < -0.39 is 22.7 Å². The maximum atomic E-state index is 12.1. The topological polar surface area (TPSA) is 82.0 Å². The minimum absolute atomic E-state index is 0.310. The van der Waals surface area contributed by atoms with Crippen molar-refractivity contribution < 1.29 is 13.7 Å². The zero-order valence-electron chi connectivity index (χ0n) is 6.28. The molecule has 0 aliphatic rings. The standard InChI is InChI=1S/C6H5F2N3O2/c7-6(8)4-5(11(12)13)3(9)1-2-10-4/h1-2,6H,(H2,9,10). The van der Waals surface area contributed by atoms with Gasteiger partial charge in [-0.1, -0.05) is 0 Å². The summed E-state index contributed by atoms with van der Waals surface area (Å²) >= 11 is 0. The van der Waals surface area contributed by atoms with Crippen molar-refractivity contribution >= 4 is 11.4 Å². The number of pyridine rings is 1. The highest BCUT2D eigenvalue weighted by Gasteiger charge is 2.25. The van der Waals surface area contributed by atoms with Crippen molar-refractivity contribution in [3.8, 4) is 0 Å². The molecule has 0 aliphatic heterocycles. The van der Waals surface area contributed by atoms with Crippen molar-refractivity contribution in [3.05, 3.63) is 28.1 Å². The summed E-state index contributed by atoms with van der Waals surface area (Å²) in [5.41, 5.74) is 3.12. The fourth-order valence-corrected chi connectivity index (χ4v) is 0.844. The van der Waals surface area contributed by atoms with Gasteiger partial charge in [-0.05, 0) is 6.07 Å². The first-order valence-corrected chi connectivity index (χ1v) is 3.21. The average Bonchev–Trinajstić information content (AvgIpc) is 2.02. The average molecular weight is 189 g/mol. The van der Waals surface area contributed by atoms with Crippen LogP contribution in [0.25, 0.3) is 0 Å². The number of nitrogens with two attached hydrogens (primary N) is 1. The van der Waals surface area contributed by atoms with E-state index >= 15 is 0 Å². The molecule has 0 fully saturated rings. The van der Waals surface area contributed by atoms with Crippen molar-refractivity contribution in [2.45, 2.75) is 6.43 Å². The van der Waals surface area contributed by atoms with Gasteiger partial charge < -0.3 is 5.73 Å². The lowest BCUT2D eigenvalue weighted by Gasteiger charge is -2.01. The number of nitrogens with zero attached hydrogens (tertiary/aromatic N) is 2. The van der Waals surface area contributed by atoms with E-state index in [1.807, 2.05) is 0 Å². The van der Waals surface area contributed by atoms with Gasteiger partial charge in [0.05, 0.1) is 4.92 Å². The van der Waals surface area contributed by atoms with E-state index in [9.17, 15) is 18.9 Å². The van der Waals surface area contributed by atoms with Gasteiger partial charge >= 0.3 is 5.69 Å². The zero-order valence-corrected chi connectivity index (χ0v) is 6.28. The number of anilines is 1. The number of rotatable bonds is 2. The predicted octanol–water partition coefficient (Wildman–Crippen LogP) is 1.51. The fourth-order valence-electron chi connectivity index (χ4n) is 0.844. The van der Waals surface area contributed by atoms with Gasteiger partial charge in [0.2, 0.25) is 0 Å². The minimum Gasteiger partial charge on any atom is -0.393 e. The first-order chi connectivity index (χ1) is 6.04. The third-order valence-electron chi connectivity index (χ3n) is 1.37. The summed E-state index contributed by atoms with van der Waals surface area (Å²) in [6.45, 7) is 0. The molecule has 0 saturated carbocycles. The van der Waals surface area contributed by atoms with E-state index in [2.05, 4.69) is 4.98 Å². The second-order valence-corrected chi connectivity index (χ2v) is 2.19. The Morgan fingerprint density at radius 2 is 2.23 bits per heavy atom. The molecule has 70 valence electrons. The molecular weight excluding hydrogens is 184 g/mol. The summed E-state index contributed by atoms with van der Waals surface area (Å²) in [5.74, 6) is 0. The second-order valence-electron chi connectivity index (χ2n) is 2.19. The van der Waals surface area contributed by atoms with Crippen LogP contribution in [0.4, 0.5) is 20.2 Å². The van der Waals surface area contributed by atoms with Crippen LogP contribution in [-0.2, 0) is 0 Å². The zero-order chi connectivity index (χ0) is 10.0. The van der Waals surface area contributed by atoms with Gasteiger partial charge in [0.25, 0.3) is 6.43 Å². The van der Waals surface area contributed by atoms with Crippen molar-refractivity contribution in [3.63, 3.8) is 0 Å². The van der Waals surface area contributed by atoms with Crippen LogP contribution in [0.3, 0.4) is 0 Å². The molecule has 0 aromatic carbocycles. The molecule has 0 atom stereocenters. The Bertz CT molecular complexity index is 343. The highest BCUT2D eigenvalue weighted by atomic mass is 19.3. The number of nitro groups is 1. The summed E-state index contributed by atoms with van der Waals surface area (Å²) in [5, 5.41) is 10.3. The number of alkyl halides is 2. The van der Waals surface area contributed by atoms with E-state index in [1.54, 1.807) is 0 Å². The van der Waals surface area contributed by atoms with Crippen LogP contribution in [0.1, 0.15) is 12.1 Å². The van der Waals surface area contributed by atoms with Crippen LogP contribution >= 0.6 is 0 Å². The minimum atomic E-state index is -3.00. The molecule has 0 aliphatic carbocycles. The van der Waals surface area contributed by atoms with E-state index in [-0.39, 0.29) is 5.69 Å². The van der Waals surface area contributed by atoms with E-state index in [1.165, 1.54) is 0 Å². The van der Waals surface area contributed by atoms with Crippen LogP contribution in [0.2, 0.25) is 0 Å². The molecule has 1 aromatic heterocycles. The monoisotopic (exact) mass is 189 g/mol. The Morgan fingerprint density at radius 3 is 2.62 bits per heavy atom. The lowest BCUT2D eigenvalue weighted by molar-refractivity contribution is -0.385. The smallest absolute Gasteiger partial charge is 0.319 e. The van der Waals surface area contributed by atoms with Crippen LogP contribution in [0.5, 0.6) is 0 Å². The Labute approximate surface area is 71.3 Å². The number of halogens is 2. The molecule has 0 bridgehead atoms. The number of hydrogen-bond donors (Lipinski definition) is 1. The molecule has 7 heteroatoms. The van der Waals surface area contributed by atoms with Gasteiger partial charge in [-0.15, -0.1) is 0 Å². The van der Waals surface area contributed by atoms with Gasteiger partial charge in [-0.3, -0.25) is 10.1 Å². The molecule has 0 unspecified atom stereocenters. The molecule has 0 amide bonds. The molecule has 2 N–H and O–H groups in total. The number of nitrogen functional groups attached to an aromatic ring is 1. The fraction of sp³-hybridized carbons (Fsp3) is 0.167. The van der Waals surface area contributed by atoms with E-state index in [0.29, 0.717) is 0 Å². The van der Waals surface area contributed by atoms with Gasteiger partial charge in [-0.25, -0.2) is 13.8 Å². The van der Waals surface area contributed by atoms with Crippen LogP contribution < -0.4 is 5.73 Å². The summed E-state index contributed by atoms with van der Waals surface area (Å²) < 4.78 is 24.3. The largest absolute Gasteiger partial charge is 0.393 e. The Morgan fingerprint density at radius 1 is 1.62 bits per heavy atom. The quantitative estimate of drug-likeness (QED) is 0.564. The van der Waals surface area contributed by atoms with Gasteiger partial charge in [0, 0.05) is 6.20 Å². The highest BCUT2D eigenvalue weighted by Crippen LogP contribution is 2.30. The van der Waals surface area contributed by atoms with Gasteiger partial charge in [0.1, 0.15) is 5.69 Å². The third-order valence-corrected chi connectivity index (χ3v) is 1.37. The molecule has 1 rings (SSSR count). The SMILES string of the molecule is Nc1ccnc(C(F)F)c1[N+](=O)[O-]. The maximum Gasteiger partial charge on any atom is 0.319 e. The van der Waals surface area contributed by atoms with Gasteiger partial charge in [-0.2, -0.15) is 0 Å². The second kappa shape index (κ2) is 3.30. The van der Waals surface area contributed by atoms with E-state index in [0.717, 1.165) is 12.3 Å². The van der Waals surface area contributed by atoms with Crippen molar-refractivity contribution in [2.24, 2.45) is 0 Å². The normalized spacial score (nSPS) is 10.4.